The SMILES string of the molecule is COc1c(COc2cc([C@@H](C)C3CC3)ccn2)ccc(-c2ccccc2)c1[C@@H](OC)C(C)(C)C. The van der Waals surface area contributed by atoms with Gasteiger partial charge in [-0.1, -0.05) is 70.2 Å². The first-order chi connectivity index (χ1) is 16.3. The number of benzene rings is 2. The Bertz CT molecular complexity index is 1100. The van der Waals surface area contributed by atoms with Gasteiger partial charge < -0.3 is 14.2 Å². The quantitative estimate of drug-likeness (QED) is 0.331. The molecule has 34 heavy (non-hydrogen) atoms. The number of hydrogen-bond acceptors (Lipinski definition) is 4. The van der Waals surface area contributed by atoms with E-state index in [0.29, 0.717) is 18.4 Å². The van der Waals surface area contributed by atoms with Gasteiger partial charge in [0, 0.05) is 30.5 Å². The maximum atomic E-state index is 6.19. The standard InChI is InChI=1S/C30H37NO3/c1-20(21-12-13-21)23-16-17-31-26(18-23)34-19-24-14-15-25(22-10-8-7-9-11-22)27(28(24)32-5)29(33-6)30(2,3)4/h7-11,14-18,20-21,29H,12-13,19H2,1-6H3/t20-,29+/m0/s1. The van der Waals surface area contributed by atoms with Crippen LogP contribution in [-0.4, -0.2) is 19.2 Å². The van der Waals surface area contributed by atoms with Crippen molar-refractivity contribution in [1.82, 2.24) is 4.98 Å². The molecule has 0 amide bonds. The smallest absolute Gasteiger partial charge is 0.213 e. The molecule has 0 spiro atoms. The molecule has 2 atom stereocenters. The predicted octanol–water partition coefficient (Wildman–Crippen LogP) is 7.58. The van der Waals surface area contributed by atoms with E-state index < -0.39 is 0 Å². The topological polar surface area (TPSA) is 40.6 Å². The fourth-order valence-electron chi connectivity index (χ4n) is 4.84. The molecule has 1 fully saturated rings. The van der Waals surface area contributed by atoms with E-state index in [-0.39, 0.29) is 11.5 Å². The third kappa shape index (κ3) is 5.28. The van der Waals surface area contributed by atoms with Gasteiger partial charge in [0.1, 0.15) is 12.4 Å². The monoisotopic (exact) mass is 459 g/mol. The molecule has 0 bridgehead atoms. The molecule has 0 saturated heterocycles. The Labute approximate surface area is 204 Å². The normalized spacial score (nSPS) is 15.6. The van der Waals surface area contributed by atoms with Gasteiger partial charge >= 0.3 is 0 Å². The van der Waals surface area contributed by atoms with E-state index in [1.165, 1.54) is 18.4 Å². The van der Waals surface area contributed by atoms with Crippen LogP contribution in [0.2, 0.25) is 0 Å². The summed E-state index contributed by atoms with van der Waals surface area (Å²) in [7, 11) is 3.49. The highest BCUT2D eigenvalue weighted by molar-refractivity contribution is 5.72. The van der Waals surface area contributed by atoms with Crippen molar-refractivity contribution in [2.24, 2.45) is 11.3 Å². The molecule has 1 aliphatic carbocycles. The first-order valence-electron chi connectivity index (χ1n) is 12.2. The van der Waals surface area contributed by atoms with Crippen molar-refractivity contribution in [3.05, 3.63) is 77.5 Å². The minimum Gasteiger partial charge on any atom is -0.496 e. The van der Waals surface area contributed by atoms with Gasteiger partial charge in [-0.2, -0.15) is 0 Å². The molecule has 0 radical (unpaired) electrons. The maximum Gasteiger partial charge on any atom is 0.213 e. The molecule has 180 valence electrons. The second kappa shape index (κ2) is 10.2. The van der Waals surface area contributed by atoms with E-state index in [2.05, 4.69) is 81.2 Å². The number of aromatic nitrogens is 1. The van der Waals surface area contributed by atoms with E-state index >= 15 is 0 Å². The second-order valence-electron chi connectivity index (χ2n) is 10.4. The molecule has 4 nitrogen and oxygen atoms in total. The highest BCUT2D eigenvalue weighted by Crippen LogP contribution is 2.46. The molecule has 0 aliphatic heterocycles. The molecule has 1 heterocycles. The van der Waals surface area contributed by atoms with Gasteiger partial charge in [0.25, 0.3) is 0 Å². The number of hydrogen-bond donors (Lipinski definition) is 0. The van der Waals surface area contributed by atoms with Crippen LogP contribution in [0.5, 0.6) is 11.6 Å². The number of ether oxygens (including phenoxy) is 3. The van der Waals surface area contributed by atoms with Gasteiger partial charge in [0.05, 0.1) is 13.2 Å². The summed E-state index contributed by atoms with van der Waals surface area (Å²) in [6.45, 7) is 9.24. The van der Waals surface area contributed by atoms with Crippen LogP contribution in [0.25, 0.3) is 11.1 Å². The van der Waals surface area contributed by atoms with E-state index in [0.717, 1.165) is 33.9 Å². The highest BCUT2D eigenvalue weighted by atomic mass is 16.5. The van der Waals surface area contributed by atoms with Crippen molar-refractivity contribution in [2.75, 3.05) is 14.2 Å². The van der Waals surface area contributed by atoms with Gasteiger partial charge in [0.15, 0.2) is 0 Å². The fraction of sp³-hybridized carbons (Fsp3) is 0.433. The maximum absolute atomic E-state index is 6.19. The van der Waals surface area contributed by atoms with Crippen LogP contribution in [0.4, 0.5) is 0 Å². The van der Waals surface area contributed by atoms with Crippen LogP contribution in [-0.2, 0) is 11.3 Å². The first-order valence-corrected chi connectivity index (χ1v) is 12.2. The summed E-state index contributed by atoms with van der Waals surface area (Å²) in [6.07, 6.45) is 4.34. The zero-order valence-electron chi connectivity index (χ0n) is 21.3. The van der Waals surface area contributed by atoms with E-state index in [9.17, 15) is 0 Å². The van der Waals surface area contributed by atoms with Crippen LogP contribution in [0.15, 0.2) is 60.8 Å². The molecule has 1 aromatic heterocycles. The minimum absolute atomic E-state index is 0.125. The molecule has 3 aromatic rings. The van der Waals surface area contributed by atoms with Crippen molar-refractivity contribution >= 4 is 0 Å². The number of pyridine rings is 1. The summed E-state index contributed by atoms with van der Waals surface area (Å²) in [5.74, 6) is 2.81. The lowest BCUT2D eigenvalue weighted by Crippen LogP contribution is -2.22. The van der Waals surface area contributed by atoms with Crippen molar-refractivity contribution in [3.8, 4) is 22.8 Å². The van der Waals surface area contributed by atoms with Gasteiger partial charge in [-0.05, 0) is 52.8 Å². The molecular formula is C30H37NO3. The second-order valence-corrected chi connectivity index (χ2v) is 10.4. The lowest BCUT2D eigenvalue weighted by molar-refractivity contribution is 0.0138. The van der Waals surface area contributed by atoms with Crippen LogP contribution in [0, 0.1) is 11.3 Å². The summed E-state index contributed by atoms with van der Waals surface area (Å²) < 4.78 is 18.3. The summed E-state index contributed by atoms with van der Waals surface area (Å²) in [5.41, 5.74) is 5.45. The molecule has 4 heteroatoms. The van der Waals surface area contributed by atoms with E-state index in [4.69, 9.17) is 14.2 Å². The lowest BCUT2D eigenvalue weighted by atomic mass is 9.80. The number of methoxy groups -OCH3 is 2. The molecule has 0 unspecified atom stereocenters. The Morgan fingerprint density at radius 1 is 1.00 bits per heavy atom. The summed E-state index contributed by atoms with van der Waals surface area (Å²) in [6, 6.07) is 18.8. The van der Waals surface area contributed by atoms with Crippen LogP contribution >= 0.6 is 0 Å². The molecule has 1 aliphatic rings. The van der Waals surface area contributed by atoms with Crippen molar-refractivity contribution in [1.29, 1.82) is 0 Å². The summed E-state index contributed by atoms with van der Waals surface area (Å²) in [5, 5.41) is 0. The Morgan fingerprint density at radius 2 is 1.74 bits per heavy atom. The van der Waals surface area contributed by atoms with Crippen molar-refractivity contribution in [3.63, 3.8) is 0 Å². The third-order valence-corrected chi connectivity index (χ3v) is 6.84. The molecular weight excluding hydrogens is 422 g/mol. The summed E-state index contributed by atoms with van der Waals surface area (Å²) in [4.78, 5) is 4.46. The third-order valence-electron chi connectivity index (χ3n) is 6.84. The van der Waals surface area contributed by atoms with E-state index in [1.807, 2.05) is 12.3 Å². The average molecular weight is 460 g/mol. The molecule has 4 rings (SSSR count). The Morgan fingerprint density at radius 3 is 2.35 bits per heavy atom. The zero-order chi connectivity index (χ0) is 24.3. The average Bonchev–Trinajstić information content (AvgIpc) is 3.68. The van der Waals surface area contributed by atoms with Crippen molar-refractivity contribution in [2.45, 2.75) is 59.2 Å². The molecule has 1 saturated carbocycles. The minimum atomic E-state index is -0.154. The van der Waals surface area contributed by atoms with E-state index in [1.54, 1.807) is 14.2 Å². The van der Waals surface area contributed by atoms with Crippen molar-refractivity contribution < 1.29 is 14.2 Å². The molecule has 2 aromatic carbocycles. The highest BCUT2D eigenvalue weighted by Gasteiger charge is 2.33. The largest absolute Gasteiger partial charge is 0.496 e. The molecule has 0 N–H and O–H groups in total. The van der Waals surface area contributed by atoms with Gasteiger partial charge in [-0.15, -0.1) is 0 Å². The van der Waals surface area contributed by atoms with Gasteiger partial charge in [-0.25, -0.2) is 4.98 Å². The zero-order valence-corrected chi connectivity index (χ0v) is 21.3. The van der Waals surface area contributed by atoms with Crippen LogP contribution in [0.1, 0.15) is 69.2 Å². The Kier molecular flexibility index (Phi) is 7.27. The van der Waals surface area contributed by atoms with Gasteiger partial charge in [0.2, 0.25) is 5.88 Å². The number of rotatable bonds is 9. The van der Waals surface area contributed by atoms with Crippen LogP contribution < -0.4 is 9.47 Å². The summed E-state index contributed by atoms with van der Waals surface area (Å²) >= 11 is 0. The first kappa shape index (κ1) is 24.3. The number of nitrogens with zero attached hydrogens (tertiary/aromatic N) is 1. The van der Waals surface area contributed by atoms with Gasteiger partial charge in [-0.3, -0.25) is 0 Å². The lowest BCUT2D eigenvalue weighted by Gasteiger charge is -2.33. The Balaban J connectivity index is 1.70. The van der Waals surface area contributed by atoms with Crippen LogP contribution in [0.3, 0.4) is 0 Å². The fourth-order valence-corrected chi connectivity index (χ4v) is 4.84. The Hall–Kier alpha value is -2.85. The predicted molar refractivity (Wildman–Crippen MR) is 137 cm³/mol.